The van der Waals surface area contributed by atoms with Crippen LogP contribution in [0, 0.1) is 10.5 Å². The molecule has 0 aliphatic rings. The number of primary amides is 1. The van der Waals surface area contributed by atoms with E-state index in [1.54, 1.807) is 12.1 Å². The number of halogens is 1. The van der Waals surface area contributed by atoms with Crippen LogP contribution >= 0.6 is 22.6 Å². The summed E-state index contributed by atoms with van der Waals surface area (Å²) in [5.41, 5.74) is 7.81. The van der Waals surface area contributed by atoms with Gasteiger partial charge in [-0.25, -0.2) is 0 Å². The summed E-state index contributed by atoms with van der Waals surface area (Å²) >= 11 is 2.25. The molecule has 19 heavy (non-hydrogen) atoms. The highest BCUT2D eigenvalue weighted by molar-refractivity contribution is 14.1. The molecular weight excluding hydrogens is 353 g/mol. The first-order valence-corrected chi connectivity index (χ1v) is 6.92. The molecule has 1 amide bonds. The Hall–Kier alpha value is -1.56. The molecule has 0 saturated carbocycles. The molecule has 2 N–H and O–H groups in total. The Morgan fingerprint density at radius 1 is 1.21 bits per heavy atom. The lowest BCUT2D eigenvalue weighted by Gasteiger charge is -2.09. The molecule has 2 rings (SSSR count). The van der Waals surface area contributed by atoms with Crippen LogP contribution in [0.1, 0.15) is 21.5 Å². The molecule has 0 aliphatic heterocycles. The molecule has 2 aromatic rings. The van der Waals surface area contributed by atoms with Gasteiger partial charge in [0.25, 0.3) is 0 Å². The maximum absolute atomic E-state index is 11.1. The van der Waals surface area contributed by atoms with Gasteiger partial charge in [0.2, 0.25) is 5.91 Å². The summed E-state index contributed by atoms with van der Waals surface area (Å²) < 4.78 is 6.88. The summed E-state index contributed by atoms with van der Waals surface area (Å²) in [4.78, 5) is 11.1. The van der Waals surface area contributed by atoms with Crippen LogP contribution in [0.15, 0.2) is 42.5 Å². The minimum absolute atomic E-state index is 0.409. The van der Waals surface area contributed by atoms with Crippen molar-refractivity contribution in [3.05, 3.63) is 62.7 Å². The number of ether oxygens (including phenoxy) is 1. The first kappa shape index (κ1) is 13.9. The van der Waals surface area contributed by atoms with Crippen LogP contribution in [0.25, 0.3) is 0 Å². The number of carbonyl (C=O) groups is 1. The summed E-state index contributed by atoms with van der Waals surface area (Å²) in [6.45, 7) is 2.42. The molecule has 2 aromatic carbocycles. The Morgan fingerprint density at radius 3 is 2.47 bits per heavy atom. The summed E-state index contributed by atoms with van der Waals surface area (Å²) in [6, 6.07) is 13.3. The summed E-state index contributed by atoms with van der Waals surface area (Å²) in [7, 11) is 0. The van der Waals surface area contributed by atoms with Crippen LogP contribution in [-0.2, 0) is 6.61 Å². The van der Waals surface area contributed by atoms with E-state index < -0.39 is 5.91 Å². The van der Waals surface area contributed by atoms with Gasteiger partial charge in [0, 0.05) is 9.13 Å². The van der Waals surface area contributed by atoms with Gasteiger partial charge >= 0.3 is 0 Å². The standard InChI is InChI=1S/C15H14INO2/c1-10-8-11(15(17)18)2-3-12(10)9-19-14-6-4-13(16)5-7-14/h2-8H,9H2,1H3,(H2,17,18). The molecule has 98 valence electrons. The predicted molar refractivity (Wildman–Crippen MR) is 83.2 cm³/mol. The molecule has 0 atom stereocenters. The van der Waals surface area contributed by atoms with Crippen molar-refractivity contribution in [2.75, 3.05) is 0 Å². The number of rotatable bonds is 4. The molecule has 0 radical (unpaired) electrons. The number of nitrogens with two attached hydrogens (primary N) is 1. The second-order valence-corrected chi connectivity index (χ2v) is 5.49. The molecular formula is C15H14INO2. The lowest BCUT2D eigenvalue weighted by molar-refractivity contribution is 0.1000. The van der Waals surface area contributed by atoms with Gasteiger partial charge in [-0.15, -0.1) is 0 Å². The Bertz CT molecular complexity index is 594. The Morgan fingerprint density at radius 2 is 1.89 bits per heavy atom. The number of aryl methyl sites for hydroxylation is 1. The SMILES string of the molecule is Cc1cc(C(N)=O)ccc1COc1ccc(I)cc1. The van der Waals surface area contributed by atoms with Gasteiger partial charge < -0.3 is 10.5 Å². The van der Waals surface area contributed by atoms with Gasteiger partial charge in [-0.3, -0.25) is 4.79 Å². The highest BCUT2D eigenvalue weighted by atomic mass is 127. The zero-order valence-electron chi connectivity index (χ0n) is 10.5. The second-order valence-electron chi connectivity index (χ2n) is 4.25. The van der Waals surface area contributed by atoms with E-state index in [0.717, 1.165) is 16.9 Å². The molecule has 0 fully saturated rings. The van der Waals surface area contributed by atoms with E-state index in [1.807, 2.05) is 37.3 Å². The highest BCUT2D eigenvalue weighted by Crippen LogP contribution is 2.17. The zero-order chi connectivity index (χ0) is 13.8. The highest BCUT2D eigenvalue weighted by Gasteiger charge is 2.05. The van der Waals surface area contributed by atoms with Gasteiger partial charge in [0.15, 0.2) is 0 Å². The van der Waals surface area contributed by atoms with E-state index in [1.165, 1.54) is 3.57 Å². The van der Waals surface area contributed by atoms with Gasteiger partial charge in [-0.2, -0.15) is 0 Å². The number of hydrogen-bond acceptors (Lipinski definition) is 2. The van der Waals surface area contributed by atoms with E-state index in [9.17, 15) is 4.79 Å². The summed E-state index contributed by atoms with van der Waals surface area (Å²) in [6.07, 6.45) is 0. The van der Waals surface area contributed by atoms with Crippen LogP contribution in [0.5, 0.6) is 5.75 Å². The number of hydrogen-bond donors (Lipinski definition) is 1. The van der Waals surface area contributed by atoms with Crippen molar-refractivity contribution in [3.8, 4) is 5.75 Å². The molecule has 0 aromatic heterocycles. The van der Waals surface area contributed by atoms with Crippen molar-refractivity contribution in [1.29, 1.82) is 0 Å². The molecule has 0 aliphatic carbocycles. The quantitative estimate of drug-likeness (QED) is 0.844. The molecule has 0 spiro atoms. The number of amides is 1. The lowest BCUT2D eigenvalue weighted by Crippen LogP contribution is -2.11. The van der Waals surface area contributed by atoms with Crippen molar-refractivity contribution in [1.82, 2.24) is 0 Å². The summed E-state index contributed by atoms with van der Waals surface area (Å²) in [5, 5.41) is 0. The van der Waals surface area contributed by atoms with Gasteiger partial charge in [-0.1, -0.05) is 6.07 Å². The first-order chi connectivity index (χ1) is 9.06. The fraction of sp³-hybridized carbons (Fsp3) is 0.133. The number of carbonyl (C=O) groups excluding carboxylic acids is 1. The third-order valence-electron chi connectivity index (χ3n) is 2.84. The average Bonchev–Trinajstić information content (AvgIpc) is 2.39. The maximum Gasteiger partial charge on any atom is 0.248 e. The van der Waals surface area contributed by atoms with Crippen LogP contribution in [0.4, 0.5) is 0 Å². The van der Waals surface area contributed by atoms with E-state index >= 15 is 0 Å². The third kappa shape index (κ3) is 3.70. The topological polar surface area (TPSA) is 52.3 Å². The van der Waals surface area contributed by atoms with Crippen molar-refractivity contribution in [3.63, 3.8) is 0 Å². The first-order valence-electron chi connectivity index (χ1n) is 5.84. The third-order valence-corrected chi connectivity index (χ3v) is 3.55. The van der Waals surface area contributed by atoms with Crippen LogP contribution in [-0.4, -0.2) is 5.91 Å². The Balaban J connectivity index is 2.07. The van der Waals surface area contributed by atoms with Crippen molar-refractivity contribution >= 4 is 28.5 Å². The molecule has 0 saturated heterocycles. The van der Waals surface area contributed by atoms with E-state index in [4.69, 9.17) is 10.5 Å². The normalized spacial score (nSPS) is 10.2. The monoisotopic (exact) mass is 367 g/mol. The van der Waals surface area contributed by atoms with Crippen molar-refractivity contribution in [2.24, 2.45) is 5.73 Å². The van der Waals surface area contributed by atoms with Gasteiger partial charge in [0.1, 0.15) is 12.4 Å². The second kappa shape index (κ2) is 6.06. The largest absolute Gasteiger partial charge is 0.489 e. The van der Waals surface area contributed by atoms with Crippen molar-refractivity contribution < 1.29 is 9.53 Å². The van der Waals surface area contributed by atoms with Gasteiger partial charge in [-0.05, 0) is 77.0 Å². The van der Waals surface area contributed by atoms with Crippen LogP contribution < -0.4 is 10.5 Å². The molecule has 0 unspecified atom stereocenters. The van der Waals surface area contributed by atoms with Gasteiger partial charge in [0.05, 0.1) is 0 Å². The molecule has 4 heteroatoms. The maximum atomic E-state index is 11.1. The summed E-state index contributed by atoms with van der Waals surface area (Å²) in [5.74, 6) is 0.423. The molecule has 3 nitrogen and oxygen atoms in total. The minimum Gasteiger partial charge on any atom is -0.489 e. The average molecular weight is 367 g/mol. The van der Waals surface area contributed by atoms with E-state index in [-0.39, 0.29) is 0 Å². The predicted octanol–water partition coefficient (Wildman–Crippen LogP) is 3.28. The molecule has 0 heterocycles. The fourth-order valence-electron chi connectivity index (χ4n) is 1.70. The Kier molecular flexibility index (Phi) is 4.42. The zero-order valence-corrected chi connectivity index (χ0v) is 12.7. The lowest BCUT2D eigenvalue weighted by atomic mass is 10.1. The van der Waals surface area contributed by atoms with Crippen LogP contribution in [0.3, 0.4) is 0 Å². The Labute approximate surface area is 125 Å². The smallest absolute Gasteiger partial charge is 0.248 e. The van der Waals surface area contributed by atoms with Crippen LogP contribution in [0.2, 0.25) is 0 Å². The number of benzene rings is 2. The fourth-order valence-corrected chi connectivity index (χ4v) is 2.06. The van der Waals surface area contributed by atoms with Crippen molar-refractivity contribution in [2.45, 2.75) is 13.5 Å². The molecule has 0 bridgehead atoms. The van der Waals surface area contributed by atoms with E-state index in [2.05, 4.69) is 22.6 Å². The minimum atomic E-state index is -0.409. The van der Waals surface area contributed by atoms with E-state index in [0.29, 0.717) is 12.2 Å².